The van der Waals surface area contributed by atoms with Crippen molar-refractivity contribution < 1.29 is 9.47 Å². The van der Waals surface area contributed by atoms with Crippen LogP contribution in [0, 0.1) is 11.8 Å². The number of fused-ring (bicyclic) bond motifs is 1. The van der Waals surface area contributed by atoms with Crippen LogP contribution in [0.5, 0.6) is 0 Å². The first-order valence-electron chi connectivity index (χ1n) is 8.47. The predicted octanol–water partition coefficient (Wildman–Crippen LogP) is 4.83. The van der Waals surface area contributed by atoms with Crippen LogP contribution in [0.25, 0.3) is 5.57 Å². The summed E-state index contributed by atoms with van der Waals surface area (Å²) in [6, 6.07) is 8.70. The van der Waals surface area contributed by atoms with Crippen molar-refractivity contribution in [2.24, 2.45) is 11.8 Å². The topological polar surface area (TPSA) is 18.5 Å². The Morgan fingerprint density at radius 1 is 1.18 bits per heavy atom. The van der Waals surface area contributed by atoms with Gasteiger partial charge in [-0.15, -0.1) is 0 Å². The van der Waals surface area contributed by atoms with E-state index in [1.807, 2.05) is 0 Å². The van der Waals surface area contributed by atoms with Gasteiger partial charge in [-0.05, 0) is 60.4 Å². The van der Waals surface area contributed by atoms with Gasteiger partial charge in [-0.25, -0.2) is 0 Å². The number of ether oxygens (including phenoxy) is 2. The van der Waals surface area contributed by atoms with Crippen LogP contribution < -0.4 is 0 Å². The molecule has 4 rings (SSSR count). The predicted molar refractivity (Wildman–Crippen MR) is 91.7 cm³/mol. The highest BCUT2D eigenvalue weighted by Gasteiger charge is 2.34. The molecule has 2 aliphatic carbocycles. The van der Waals surface area contributed by atoms with E-state index in [9.17, 15) is 0 Å². The number of hydrogen-bond acceptors (Lipinski definition) is 2. The van der Waals surface area contributed by atoms with Crippen molar-refractivity contribution >= 4 is 21.5 Å². The van der Waals surface area contributed by atoms with Crippen LogP contribution in [0.1, 0.15) is 37.7 Å². The molecular weight excluding hydrogens is 340 g/mol. The van der Waals surface area contributed by atoms with Crippen LogP contribution >= 0.6 is 15.9 Å². The maximum absolute atomic E-state index is 6.27. The molecule has 1 aromatic rings. The van der Waals surface area contributed by atoms with Crippen molar-refractivity contribution in [3.8, 4) is 0 Å². The Hall–Kier alpha value is -0.640. The molecule has 0 radical (unpaired) electrons. The Balaban J connectivity index is 1.52. The van der Waals surface area contributed by atoms with E-state index >= 15 is 0 Å². The summed E-state index contributed by atoms with van der Waals surface area (Å²) in [4.78, 5) is 0. The van der Waals surface area contributed by atoms with E-state index < -0.39 is 0 Å². The minimum Gasteiger partial charge on any atom is -0.378 e. The highest BCUT2D eigenvalue weighted by atomic mass is 79.9. The van der Waals surface area contributed by atoms with Crippen LogP contribution in [0.2, 0.25) is 0 Å². The van der Waals surface area contributed by atoms with Gasteiger partial charge in [-0.3, -0.25) is 0 Å². The molecule has 0 amide bonds. The molecule has 1 heterocycles. The average Bonchev–Trinajstić information content (AvgIpc) is 2.94. The summed E-state index contributed by atoms with van der Waals surface area (Å²) < 4.78 is 13.2. The van der Waals surface area contributed by atoms with E-state index in [0.29, 0.717) is 12.0 Å². The number of halogens is 1. The maximum Gasteiger partial charge on any atom is 0.0686 e. The third-order valence-corrected chi connectivity index (χ3v) is 5.95. The van der Waals surface area contributed by atoms with Gasteiger partial charge in [-0.2, -0.15) is 0 Å². The number of benzene rings is 1. The standard InChI is InChI=1S/C19H23BrO2/c20-16-6-4-14(5-7-16)18-9-17(22-10-13-2-1-3-13)8-15-11-21-12-19(15)18/h4-7,13,15,17H,1-3,8-12H2. The summed E-state index contributed by atoms with van der Waals surface area (Å²) in [6.45, 7) is 2.64. The largest absolute Gasteiger partial charge is 0.378 e. The molecule has 1 aliphatic heterocycles. The van der Waals surface area contributed by atoms with E-state index in [4.69, 9.17) is 9.47 Å². The van der Waals surface area contributed by atoms with Crippen LogP contribution in [-0.2, 0) is 9.47 Å². The quantitative estimate of drug-likeness (QED) is 0.763. The molecule has 2 nitrogen and oxygen atoms in total. The first kappa shape index (κ1) is 14.9. The molecule has 1 aromatic carbocycles. The first-order chi connectivity index (χ1) is 10.8. The normalized spacial score (nSPS) is 28.6. The SMILES string of the molecule is Brc1ccc(C2=C3COCC3CC(OCC3CCC3)C2)cc1. The van der Waals surface area contributed by atoms with Crippen LogP contribution in [-0.4, -0.2) is 25.9 Å². The van der Waals surface area contributed by atoms with Crippen molar-refractivity contribution in [2.75, 3.05) is 19.8 Å². The van der Waals surface area contributed by atoms with Gasteiger partial charge >= 0.3 is 0 Å². The molecule has 0 aromatic heterocycles. The maximum atomic E-state index is 6.27. The molecular formula is C19H23BrO2. The smallest absolute Gasteiger partial charge is 0.0686 e. The molecule has 1 saturated heterocycles. The van der Waals surface area contributed by atoms with Gasteiger partial charge in [0, 0.05) is 17.0 Å². The highest BCUT2D eigenvalue weighted by Crippen LogP contribution is 2.41. The molecule has 3 heteroatoms. The molecule has 118 valence electrons. The molecule has 3 aliphatic rings. The van der Waals surface area contributed by atoms with Crippen LogP contribution in [0.3, 0.4) is 0 Å². The summed E-state index contributed by atoms with van der Waals surface area (Å²) in [5.41, 5.74) is 4.33. The molecule has 0 N–H and O–H groups in total. The van der Waals surface area contributed by atoms with Gasteiger partial charge in [0.15, 0.2) is 0 Å². The fourth-order valence-electron chi connectivity index (χ4n) is 3.85. The van der Waals surface area contributed by atoms with Crippen molar-refractivity contribution in [3.05, 3.63) is 39.9 Å². The Bertz CT molecular complexity index is 559. The van der Waals surface area contributed by atoms with Gasteiger partial charge in [-0.1, -0.05) is 34.5 Å². The molecule has 2 fully saturated rings. The van der Waals surface area contributed by atoms with Crippen molar-refractivity contribution in [2.45, 2.75) is 38.2 Å². The lowest BCUT2D eigenvalue weighted by molar-refractivity contribution is -0.000192. The fraction of sp³-hybridized carbons (Fsp3) is 0.579. The summed E-state index contributed by atoms with van der Waals surface area (Å²) in [6.07, 6.45) is 6.67. The van der Waals surface area contributed by atoms with Gasteiger partial charge in [0.2, 0.25) is 0 Å². The van der Waals surface area contributed by atoms with E-state index in [-0.39, 0.29) is 0 Å². The lowest BCUT2D eigenvalue weighted by atomic mass is 9.80. The third-order valence-electron chi connectivity index (χ3n) is 5.42. The lowest BCUT2D eigenvalue weighted by Crippen LogP contribution is -2.28. The second-order valence-corrected chi connectivity index (χ2v) is 7.83. The summed E-state index contributed by atoms with van der Waals surface area (Å²) in [5.74, 6) is 1.39. The van der Waals surface area contributed by atoms with E-state index in [1.165, 1.54) is 36.0 Å². The van der Waals surface area contributed by atoms with E-state index in [0.717, 1.165) is 43.1 Å². The molecule has 2 atom stereocenters. The Kier molecular flexibility index (Phi) is 4.38. The summed E-state index contributed by atoms with van der Waals surface area (Å²) >= 11 is 3.53. The van der Waals surface area contributed by atoms with E-state index in [2.05, 4.69) is 40.2 Å². The van der Waals surface area contributed by atoms with Crippen molar-refractivity contribution in [1.82, 2.24) is 0 Å². The first-order valence-corrected chi connectivity index (χ1v) is 9.26. The molecule has 2 unspecified atom stereocenters. The van der Waals surface area contributed by atoms with Crippen LogP contribution in [0.4, 0.5) is 0 Å². The summed E-state index contributed by atoms with van der Waals surface area (Å²) in [5, 5.41) is 0. The van der Waals surface area contributed by atoms with Crippen molar-refractivity contribution in [1.29, 1.82) is 0 Å². The van der Waals surface area contributed by atoms with Crippen LogP contribution in [0.15, 0.2) is 34.3 Å². The molecule has 1 saturated carbocycles. The summed E-state index contributed by atoms with van der Waals surface area (Å²) in [7, 11) is 0. The zero-order valence-corrected chi connectivity index (χ0v) is 14.5. The zero-order chi connectivity index (χ0) is 14.9. The van der Waals surface area contributed by atoms with Gasteiger partial charge in [0.25, 0.3) is 0 Å². The second kappa shape index (κ2) is 6.46. The number of hydrogen-bond donors (Lipinski definition) is 0. The zero-order valence-electron chi connectivity index (χ0n) is 12.9. The van der Waals surface area contributed by atoms with Crippen molar-refractivity contribution in [3.63, 3.8) is 0 Å². The monoisotopic (exact) mass is 362 g/mol. The molecule has 0 bridgehead atoms. The molecule has 22 heavy (non-hydrogen) atoms. The Morgan fingerprint density at radius 3 is 2.73 bits per heavy atom. The Morgan fingerprint density at radius 2 is 2.00 bits per heavy atom. The van der Waals surface area contributed by atoms with E-state index in [1.54, 1.807) is 0 Å². The highest BCUT2D eigenvalue weighted by molar-refractivity contribution is 9.10. The second-order valence-electron chi connectivity index (χ2n) is 6.91. The fourth-order valence-corrected chi connectivity index (χ4v) is 4.11. The lowest BCUT2D eigenvalue weighted by Gasteiger charge is -2.32. The molecule has 0 spiro atoms. The van der Waals surface area contributed by atoms with Gasteiger partial charge < -0.3 is 9.47 Å². The Labute approximate surface area is 141 Å². The van der Waals surface area contributed by atoms with Gasteiger partial charge in [0.1, 0.15) is 0 Å². The minimum atomic E-state index is 0.370. The average molecular weight is 363 g/mol. The number of rotatable bonds is 4. The minimum absolute atomic E-state index is 0.370. The third kappa shape index (κ3) is 3.04. The van der Waals surface area contributed by atoms with Gasteiger partial charge in [0.05, 0.1) is 19.3 Å².